The van der Waals surface area contributed by atoms with Gasteiger partial charge in [-0.2, -0.15) is 0 Å². The van der Waals surface area contributed by atoms with E-state index in [1.54, 1.807) is 0 Å². The van der Waals surface area contributed by atoms with Crippen LogP contribution in [0.25, 0.3) is 0 Å². The fraction of sp³-hybridized carbons (Fsp3) is 0.300. The van der Waals surface area contributed by atoms with Crippen molar-refractivity contribution in [2.24, 2.45) is 0 Å². The molecule has 9 nitrogen and oxygen atoms in total. The number of nitro benzene ring substituents is 1. The van der Waals surface area contributed by atoms with E-state index in [0.29, 0.717) is 12.1 Å². The maximum absolute atomic E-state index is 13.5. The lowest BCUT2D eigenvalue weighted by molar-refractivity contribution is -0.384. The molecule has 1 aromatic carbocycles. The predicted octanol–water partition coefficient (Wildman–Crippen LogP) is 0.393. The van der Waals surface area contributed by atoms with Crippen LogP contribution in [-0.4, -0.2) is 43.8 Å². The predicted molar refractivity (Wildman–Crippen MR) is 71.3 cm³/mol. The van der Waals surface area contributed by atoms with Gasteiger partial charge in [-0.15, -0.1) is 0 Å². The Morgan fingerprint density at radius 1 is 1.48 bits per heavy atom. The van der Waals surface area contributed by atoms with Crippen molar-refractivity contribution < 1.29 is 27.6 Å². The van der Waals surface area contributed by atoms with Gasteiger partial charge in [0, 0.05) is 18.7 Å². The van der Waals surface area contributed by atoms with Gasteiger partial charge in [-0.05, 0) is 7.05 Å². The van der Waals surface area contributed by atoms with Gasteiger partial charge in [-0.1, -0.05) is 0 Å². The summed E-state index contributed by atoms with van der Waals surface area (Å²) in [6, 6.07) is 1.22. The highest BCUT2D eigenvalue weighted by Gasteiger charge is 2.22. The molecule has 0 bridgehead atoms. The number of benzene rings is 1. The lowest BCUT2D eigenvalue weighted by Crippen LogP contribution is -2.26. The molecule has 0 radical (unpaired) electrons. The van der Waals surface area contributed by atoms with Crippen molar-refractivity contribution in [1.29, 1.82) is 0 Å². The second-order valence-corrected chi connectivity index (χ2v) is 5.91. The second kappa shape index (κ2) is 6.45. The largest absolute Gasteiger partial charge is 0.478 e. The molecule has 11 heteroatoms. The topological polar surface area (TPSA) is 139 Å². The summed E-state index contributed by atoms with van der Waals surface area (Å²) in [5.74, 6) is -3.19. The lowest BCUT2D eigenvalue weighted by Gasteiger charge is -2.08. The quantitative estimate of drug-likeness (QED) is 0.487. The van der Waals surface area contributed by atoms with Crippen molar-refractivity contribution in [2.75, 3.05) is 24.7 Å². The molecule has 0 atom stereocenters. The number of carbonyl (C=O) groups is 1. The normalized spacial score (nSPS) is 11.1. The molecule has 0 saturated carbocycles. The minimum atomic E-state index is -3.52. The molecule has 0 saturated heterocycles. The number of carboxylic acid groups (broad SMARTS) is 1. The Kier molecular flexibility index (Phi) is 5.16. The molecule has 0 unspecified atom stereocenters. The molecule has 0 aliphatic carbocycles. The van der Waals surface area contributed by atoms with E-state index in [0.717, 1.165) is 0 Å². The van der Waals surface area contributed by atoms with Gasteiger partial charge >= 0.3 is 5.97 Å². The van der Waals surface area contributed by atoms with E-state index in [1.165, 1.54) is 7.05 Å². The van der Waals surface area contributed by atoms with Crippen molar-refractivity contribution in [3.05, 3.63) is 33.6 Å². The van der Waals surface area contributed by atoms with Crippen molar-refractivity contribution in [2.45, 2.75) is 0 Å². The van der Waals surface area contributed by atoms with Crippen LogP contribution in [0.15, 0.2) is 12.1 Å². The van der Waals surface area contributed by atoms with Crippen LogP contribution in [-0.2, 0) is 10.0 Å². The third kappa shape index (κ3) is 4.36. The minimum absolute atomic E-state index is 0.212. The van der Waals surface area contributed by atoms with Crippen LogP contribution in [0.5, 0.6) is 0 Å². The molecular formula is C10H12FN3O6S. The van der Waals surface area contributed by atoms with E-state index in [-0.39, 0.29) is 18.0 Å². The summed E-state index contributed by atoms with van der Waals surface area (Å²) in [6.07, 6.45) is 0. The Hall–Kier alpha value is -2.27. The van der Waals surface area contributed by atoms with Crippen molar-refractivity contribution in [3.63, 3.8) is 0 Å². The monoisotopic (exact) mass is 321 g/mol. The Labute approximate surface area is 119 Å². The number of hydrogen-bond acceptors (Lipinski definition) is 6. The lowest BCUT2D eigenvalue weighted by atomic mass is 10.1. The average Bonchev–Trinajstić information content (AvgIpc) is 2.37. The molecule has 0 aromatic heterocycles. The molecule has 21 heavy (non-hydrogen) atoms. The van der Waals surface area contributed by atoms with Gasteiger partial charge in [0.05, 0.1) is 10.7 Å². The summed E-state index contributed by atoms with van der Waals surface area (Å²) in [6.45, 7) is -0.212. The van der Waals surface area contributed by atoms with Gasteiger partial charge in [0.15, 0.2) is 0 Å². The minimum Gasteiger partial charge on any atom is -0.478 e. The second-order valence-electron chi connectivity index (χ2n) is 3.86. The average molecular weight is 321 g/mol. The molecule has 0 spiro atoms. The summed E-state index contributed by atoms with van der Waals surface area (Å²) < 4.78 is 37.9. The highest BCUT2D eigenvalue weighted by atomic mass is 32.2. The summed E-state index contributed by atoms with van der Waals surface area (Å²) >= 11 is 0. The number of rotatable bonds is 7. The Bertz CT molecular complexity index is 676. The van der Waals surface area contributed by atoms with Crippen LogP contribution in [0, 0.1) is 15.9 Å². The molecule has 0 heterocycles. The summed E-state index contributed by atoms with van der Waals surface area (Å²) in [4.78, 5) is 20.7. The van der Waals surface area contributed by atoms with Gasteiger partial charge in [-0.25, -0.2) is 22.3 Å². The Balaban J connectivity index is 3.04. The zero-order chi connectivity index (χ0) is 16.2. The number of anilines is 1. The van der Waals surface area contributed by atoms with Crippen LogP contribution in [0.1, 0.15) is 10.4 Å². The molecule has 0 fully saturated rings. The van der Waals surface area contributed by atoms with Gasteiger partial charge in [0.25, 0.3) is 5.69 Å². The first-order valence-electron chi connectivity index (χ1n) is 5.54. The number of sulfonamides is 1. The fourth-order valence-corrected chi connectivity index (χ4v) is 2.02. The first-order chi connectivity index (χ1) is 9.68. The van der Waals surface area contributed by atoms with E-state index < -0.39 is 38.0 Å². The zero-order valence-corrected chi connectivity index (χ0v) is 11.6. The van der Waals surface area contributed by atoms with E-state index in [2.05, 4.69) is 5.32 Å². The number of hydrogen-bond donors (Lipinski definition) is 3. The van der Waals surface area contributed by atoms with E-state index in [9.17, 15) is 27.7 Å². The van der Waals surface area contributed by atoms with Gasteiger partial charge < -0.3 is 10.4 Å². The number of halogens is 1. The molecule has 0 amide bonds. The van der Waals surface area contributed by atoms with Gasteiger partial charge in [-0.3, -0.25) is 10.1 Å². The van der Waals surface area contributed by atoms with Crippen LogP contribution >= 0.6 is 0 Å². The van der Waals surface area contributed by atoms with Crippen LogP contribution in [0.3, 0.4) is 0 Å². The molecule has 1 rings (SSSR count). The number of carboxylic acids is 1. The fourth-order valence-electron chi connectivity index (χ4n) is 1.44. The summed E-state index contributed by atoms with van der Waals surface area (Å²) in [5.41, 5.74) is -1.79. The van der Waals surface area contributed by atoms with Gasteiger partial charge in [0.1, 0.15) is 17.1 Å². The third-order valence-electron chi connectivity index (χ3n) is 2.51. The first kappa shape index (κ1) is 16.8. The SMILES string of the molecule is CNS(=O)(=O)CCNc1cc(F)c(C(=O)O)cc1[N+](=O)[O-]. The van der Waals surface area contributed by atoms with Gasteiger partial charge in [0.2, 0.25) is 10.0 Å². The number of nitro groups is 1. The van der Waals surface area contributed by atoms with E-state index >= 15 is 0 Å². The molecule has 3 N–H and O–H groups in total. The number of nitrogens with one attached hydrogen (secondary N) is 2. The van der Waals surface area contributed by atoms with Crippen LogP contribution in [0.2, 0.25) is 0 Å². The van der Waals surface area contributed by atoms with Crippen molar-refractivity contribution in [1.82, 2.24) is 4.72 Å². The summed E-state index contributed by atoms with van der Waals surface area (Å²) in [7, 11) is -2.32. The van der Waals surface area contributed by atoms with Crippen molar-refractivity contribution in [3.8, 4) is 0 Å². The molecule has 116 valence electrons. The number of aromatic carboxylic acids is 1. The maximum Gasteiger partial charge on any atom is 0.338 e. The molecular weight excluding hydrogens is 309 g/mol. The van der Waals surface area contributed by atoms with Crippen LogP contribution < -0.4 is 10.0 Å². The molecule has 0 aliphatic rings. The summed E-state index contributed by atoms with van der Waals surface area (Å²) in [5, 5.41) is 21.9. The van der Waals surface area contributed by atoms with Crippen LogP contribution in [0.4, 0.5) is 15.8 Å². The van der Waals surface area contributed by atoms with E-state index in [4.69, 9.17) is 5.11 Å². The maximum atomic E-state index is 13.5. The van der Waals surface area contributed by atoms with Crippen molar-refractivity contribution >= 4 is 27.4 Å². The highest BCUT2D eigenvalue weighted by Crippen LogP contribution is 2.27. The third-order valence-corrected chi connectivity index (χ3v) is 3.87. The molecule has 1 aromatic rings. The molecule has 0 aliphatic heterocycles. The Morgan fingerprint density at radius 3 is 2.57 bits per heavy atom. The number of nitrogens with zero attached hydrogens (tertiary/aromatic N) is 1. The highest BCUT2D eigenvalue weighted by molar-refractivity contribution is 7.89. The first-order valence-corrected chi connectivity index (χ1v) is 7.19. The Morgan fingerprint density at radius 2 is 2.10 bits per heavy atom. The standard InChI is InChI=1S/C10H12FN3O6S/c1-12-21(19,20)3-2-13-8-5-7(11)6(10(15)16)4-9(8)14(17)18/h4-5,12-13H,2-3H2,1H3,(H,15,16). The zero-order valence-electron chi connectivity index (χ0n) is 10.8. The smallest absolute Gasteiger partial charge is 0.338 e. The van der Waals surface area contributed by atoms with E-state index in [1.807, 2.05) is 4.72 Å².